The average molecular weight is 368 g/mol. The lowest BCUT2D eigenvalue weighted by molar-refractivity contribution is 0.476. The van der Waals surface area contributed by atoms with Gasteiger partial charge in [0, 0.05) is 4.47 Å². The third kappa shape index (κ3) is 4.05. The molecule has 0 bridgehead atoms. The van der Waals surface area contributed by atoms with Gasteiger partial charge in [0.15, 0.2) is 0 Å². The van der Waals surface area contributed by atoms with Crippen molar-refractivity contribution >= 4 is 38.9 Å². The van der Waals surface area contributed by atoms with Crippen molar-refractivity contribution in [2.75, 3.05) is 0 Å². The Hall–Kier alpha value is -1.39. The number of aromatic hydroxyl groups is 1. The lowest BCUT2D eigenvalue weighted by atomic mass is 9.98. The molecule has 0 spiro atoms. The fourth-order valence-corrected chi connectivity index (χ4v) is 2.24. The summed E-state index contributed by atoms with van der Waals surface area (Å²) in [4.78, 5) is 0. The fourth-order valence-electron chi connectivity index (χ4n) is 1.82. The van der Waals surface area contributed by atoms with Crippen molar-refractivity contribution in [2.45, 2.75) is 26.2 Å². The Kier molecular flexibility index (Phi) is 5.37. The maximum atomic E-state index is 9.88. The van der Waals surface area contributed by atoms with Gasteiger partial charge in [-0.25, -0.2) is 0 Å². The lowest BCUT2D eigenvalue weighted by Crippen LogP contribution is -1.90. The summed E-state index contributed by atoms with van der Waals surface area (Å²) < 4.78 is 0.810. The standard InChI is InChI=1S/C16H16BrClN2O/c1-3-10(2)11-4-7-16(21)15(8-11)20-19-12-5-6-13(17)14(18)9-12/h4-10,21H,3H2,1-2H3. The largest absolute Gasteiger partial charge is 0.506 e. The van der Waals surface area contributed by atoms with E-state index in [4.69, 9.17) is 11.6 Å². The summed E-state index contributed by atoms with van der Waals surface area (Å²) in [6, 6.07) is 10.8. The molecule has 0 saturated carbocycles. The minimum absolute atomic E-state index is 0.119. The Bertz CT molecular complexity index is 673. The summed E-state index contributed by atoms with van der Waals surface area (Å²) in [6.07, 6.45) is 1.03. The molecule has 5 heteroatoms. The van der Waals surface area contributed by atoms with Gasteiger partial charge >= 0.3 is 0 Å². The number of benzene rings is 2. The molecule has 3 nitrogen and oxygen atoms in total. The van der Waals surface area contributed by atoms with E-state index in [0.29, 0.717) is 22.3 Å². The molecule has 0 aliphatic heterocycles. The van der Waals surface area contributed by atoms with Crippen LogP contribution in [0.15, 0.2) is 51.1 Å². The van der Waals surface area contributed by atoms with Gasteiger partial charge in [-0.1, -0.05) is 31.5 Å². The first kappa shape index (κ1) is 16.0. The fraction of sp³-hybridized carbons (Fsp3) is 0.250. The molecule has 2 aromatic rings. The van der Waals surface area contributed by atoms with E-state index in [2.05, 4.69) is 40.0 Å². The van der Waals surface area contributed by atoms with Gasteiger partial charge in [0.05, 0.1) is 10.7 Å². The van der Waals surface area contributed by atoms with Crippen molar-refractivity contribution in [3.63, 3.8) is 0 Å². The molecule has 0 saturated heterocycles. The SMILES string of the molecule is CCC(C)c1ccc(O)c(N=Nc2ccc(Br)c(Cl)c2)c1. The van der Waals surface area contributed by atoms with E-state index >= 15 is 0 Å². The van der Waals surface area contributed by atoms with Crippen LogP contribution in [0.4, 0.5) is 11.4 Å². The van der Waals surface area contributed by atoms with Gasteiger partial charge in [-0.2, -0.15) is 5.11 Å². The molecule has 1 N–H and O–H groups in total. The Morgan fingerprint density at radius 3 is 2.62 bits per heavy atom. The number of nitrogens with zero attached hydrogens (tertiary/aromatic N) is 2. The van der Waals surface area contributed by atoms with Gasteiger partial charge in [-0.3, -0.25) is 0 Å². The number of hydrogen-bond donors (Lipinski definition) is 1. The second kappa shape index (κ2) is 7.05. The van der Waals surface area contributed by atoms with E-state index in [1.54, 1.807) is 18.2 Å². The first-order chi connectivity index (χ1) is 10.0. The normalized spacial score (nSPS) is 12.8. The van der Waals surface area contributed by atoms with Crippen LogP contribution in [-0.2, 0) is 0 Å². The molecular formula is C16H16BrClN2O. The van der Waals surface area contributed by atoms with E-state index < -0.39 is 0 Å². The Morgan fingerprint density at radius 1 is 1.19 bits per heavy atom. The molecule has 0 heterocycles. The summed E-state index contributed by atoms with van der Waals surface area (Å²) in [7, 11) is 0. The number of phenolic OH excluding ortho intramolecular Hbond substituents is 1. The molecule has 0 aliphatic rings. The zero-order valence-corrected chi connectivity index (χ0v) is 14.2. The van der Waals surface area contributed by atoms with Crippen LogP contribution < -0.4 is 0 Å². The molecule has 1 unspecified atom stereocenters. The lowest BCUT2D eigenvalue weighted by Gasteiger charge is -2.09. The molecular weight excluding hydrogens is 352 g/mol. The molecule has 2 rings (SSSR count). The smallest absolute Gasteiger partial charge is 0.143 e. The van der Waals surface area contributed by atoms with Gasteiger partial charge in [0.25, 0.3) is 0 Å². The van der Waals surface area contributed by atoms with E-state index in [9.17, 15) is 5.11 Å². The van der Waals surface area contributed by atoms with Gasteiger partial charge in [-0.15, -0.1) is 5.11 Å². The van der Waals surface area contributed by atoms with E-state index in [0.717, 1.165) is 16.5 Å². The van der Waals surface area contributed by atoms with Crippen LogP contribution >= 0.6 is 27.5 Å². The summed E-state index contributed by atoms with van der Waals surface area (Å²) in [6.45, 7) is 4.27. The van der Waals surface area contributed by atoms with Crippen LogP contribution in [0.5, 0.6) is 5.75 Å². The van der Waals surface area contributed by atoms with Crippen molar-refractivity contribution in [3.05, 3.63) is 51.5 Å². The molecule has 0 fully saturated rings. The van der Waals surface area contributed by atoms with Crippen LogP contribution in [-0.4, -0.2) is 5.11 Å². The zero-order chi connectivity index (χ0) is 15.4. The van der Waals surface area contributed by atoms with Crippen molar-refractivity contribution in [2.24, 2.45) is 10.2 Å². The molecule has 0 aliphatic carbocycles. The predicted octanol–water partition coefficient (Wildman–Crippen LogP) is 6.74. The molecule has 2 aromatic carbocycles. The number of rotatable bonds is 4. The van der Waals surface area contributed by atoms with E-state index in [1.165, 1.54) is 0 Å². The number of halogens is 2. The minimum atomic E-state index is 0.119. The highest BCUT2D eigenvalue weighted by Gasteiger charge is 2.07. The van der Waals surface area contributed by atoms with E-state index in [-0.39, 0.29) is 5.75 Å². The summed E-state index contributed by atoms with van der Waals surface area (Å²) in [5.74, 6) is 0.538. The van der Waals surface area contributed by atoms with Crippen molar-refractivity contribution in [1.29, 1.82) is 0 Å². The van der Waals surface area contributed by atoms with Crippen LogP contribution in [0.2, 0.25) is 5.02 Å². The minimum Gasteiger partial charge on any atom is -0.506 e. The molecule has 21 heavy (non-hydrogen) atoms. The summed E-state index contributed by atoms with van der Waals surface area (Å²) in [5, 5.41) is 18.7. The number of hydrogen-bond acceptors (Lipinski definition) is 3. The van der Waals surface area contributed by atoms with Gasteiger partial charge in [-0.05, 0) is 64.2 Å². The molecule has 1 atom stereocenters. The Labute approximate surface area is 137 Å². The van der Waals surface area contributed by atoms with E-state index in [1.807, 2.05) is 18.2 Å². The highest BCUT2D eigenvalue weighted by Crippen LogP contribution is 2.33. The molecule has 0 aromatic heterocycles. The average Bonchev–Trinajstić information content (AvgIpc) is 2.49. The summed E-state index contributed by atoms with van der Waals surface area (Å²) in [5.41, 5.74) is 2.24. The highest BCUT2D eigenvalue weighted by atomic mass is 79.9. The van der Waals surface area contributed by atoms with Gasteiger partial charge in [0.2, 0.25) is 0 Å². The van der Waals surface area contributed by atoms with Crippen LogP contribution in [0, 0.1) is 0 Å². The monoisotopic (exact) mass is 366 g/mol. The van der Waals surface area contributed by atoms with Crippen molar-refractivity contribution in [3.8, 4) is 5.75 Å². The van der Waals surface area contributed by atoms with Crippen molar-refractivity contribution in [1.82, 2.24) is 0 Å². The quantitative estimate of drug-likeness (QED) is 0.598. The van der Waals surface area contributed by atoms with Crippen molar-refractivity contribution < 1.29 is 5.11 Å². The Balaban J connectivity index is 2.29. The second-order valence-electron chi connectivity index (χ2n) is 4.86. The molecule has 0 amide bonds. The van der Waals surface area contributed by atoms with Crippen LogP contribution in [0.25, 0.3) is 0 Å². The topological polar surface area (TPSA) is 45.0 Å². The number of phenols is 1. The maximum absolute atomic E-state index is 9.88. The molecule has 0 radical (unpaired) electrons. The van der Waals surface area contributed by atoms with Gasteiger partial charge in [0.1, 0.15) is 11.4 Å². The van der Waals surface area contributed by atoms with Crippen LogP contribution in [0.1, 0.15) is 31.7 Å². The third-order valence-corrected chi connectivity index (χ3v) is 4.59. The zero-order valence-electron chi connectivity index (χ0n) is 11.8. The highest BCUT2D eigenvalue weighted by molar-refractivity contribution is 9.10. The summed E-state index contributed by atoms with van der Waals surface area (Å²) >= 11 is 9.34. The third-order valence-electron chi connectivity index (χ3n) is 3.36. The Morgan fingerprint density at radius 2 is 1.95 bits per heavy atom. The predicted molar refractivity (Wildman–Crippen MR) is 90.1 cm³/mol. The second-order valence-corrected chi connectivity index (χ2v) is 6.12. The van der Waals surface area contributed by atoms with Crippen LogP contribution in [0.3, 0.4) is 0 Å². The first-order valence-electron chi connectivity index (χ1n) is 6.71. The number of azo groups is 1. The van der Waals surface area contributed by atoms with Gasteiger partial charge < -0.3 is 5.11 Å². The maximum Gasteiger partial charge on any atom is 0.143 e. The molecule has 110 valence electrons. The first-order valence-corrected chi connectivity index (χ1v) is 7.88.